The van der Waals surface area contributed by atoms with E-state index >= 15 is 0 Å². The Labute approximate surface area is 129 Å². The van der Waals surface area contributed by atoms with Crippen molar-refractivity contribution in [3.05, 3.63) is 51.3 Å². The van der Waals surface area contributed by atoms with E-state index in [0.29, 0.717) is 0 Å². The van der Waals surface area contributed by atoms with Crippen molar-refractivity contribution in [2.75, 3.05) is 11.9 Å². The molecule has 0 saturated carbocycles. The molecule has 3 nitrogen and oxygen atoms in total. The van der Waals surface area contributed by atoms with Crippen molar-refractivity contribution >= 4 is 43.9 Å². The SMILES string of the molecule is Oc1ccc2ccnc(NCCc3ccc(Br)s3)c2c1. The standard InChI is InChI=1S/C15H13BrN2OS/c16-14-4-3-12(20-14)6-8-18-15-13-9-11(19)2-1-10(13)5-7-17-15/h1-5,7,9,19H,6,8H2,(H,17,18). The number of phenolic OH excluding ortho intramolecular Hbond substituents is 1. The molecule has 3 aromatic rings. The van der Waals surface area contributed by atoms with Gasteiger partial charge >= 0.3 is 0 Å². The van der Waals surface area contributed by atoms with Gasteiger partial charge in [-0.25, -0.2) is 4.98 Å². The molecule has 0 saturated heterocycles. The molecular weight excluding hydrogens is 336 g/mol. The Morgan fingerprint density at radius 3 is 2.90 bits per heavy atom. The number of nitrogens with one attached hydrogen (secondary N) is 1. The molecule has 0 unspecified atom stereocenters. The van der Waals surface area contributed by atoms with E-state index in [2.05, 4.69) is 38.4 Å². The Bertz CT molecular complexity index is 742. The lowest BCUT2D eigenvalue weighted by Crippen LogP contribution is -2.05. The molecule has 0 aliphatic heterocycles. The summed E-state index contributed by atoms with van der Waals surface area (Å²) in [6.45, 7) is 0.814. The molecule has 0 spiro atoms. The zero-order chi connectivity index (χ0) is 13.9. The predicted octanol–water partition coefficient (Wildman–Crippen LogP) is 4.42. The van der Waals surface area contributed by atoms with Crippen molar-refractivity contribution in [3.8, 4) is 5.75 Å². The minimum atomic E-state index is 0.260. The molecule has 0 aliphatic carbocycles. The molecule has 0 aliphatic rings. The number of thiophene rings is 1. The van der Waals surface area contributed by atoms with Crippen LogP contribution in [0.4, 0.5) is 5.82 Å². The number of fused-ring (bicyclic) bond motifs is 1. The van der Waals surface area contributed by atoms with Crippen molar-refractivity contribution in [1.29, 1.82) is 0 Å². The number of hydrogen-bond donors (Lipinski definition) is 2. The molecule has 2 heterocycles. The summed E-state index contributed by atoms with van der Waals surface area (Å²) in [5.74, 6) is 1.07. The van der Waals surface area contributed by atoms with Crippen molar-refractivity contribution < 1.29 is 5.11 Å². The second-order valence-corrected chi connectivity index (χ2v) is 7.00. The Kier molecular flexibility index (Phi) is 3.89. The van der Waals surface area contributed by atoms with Gasteiger partial charge in [-0.15, -0.1) is 11.3 Å². The minimum absolute atomic E-state index is 0.260. The molecule has 102 valence electrons. The fourth-order valence-electron chi connectivity index (χ4n) is 2.09. The van der Waals surface area contributed by atoms with Crippen LogP contribution in [0.15, 0.2) is 46.4 Å². The van der Waals surface area contributed by atoms with Gasteiger partial charge in [0.1, 0.15) is 11.6 Å². The summed E-state index contributed by atoms with van der Waals surface area (Å²) in [5.41, 5.74) is 0. The van der Waals surface area contributed by atoms with Gasteiger partial charge in [0, 0.05) is 23.0 Å². The highest BCUT2D eigenvalue weighted by molar-refractivity contribution is 9.11. The summed E-state index contributed by atoms with van der Waals surface area (Å²) in [7, 11) is 0. The van der Waals surface area contributed by atoms with Gasteiger partial charge in [-0.1, -0.05) is 6.07 Å². The number of halogens is 1. The molecule has 0 radical (unpaired) electrons. The monoisotopic (exact) mass is 348 g/mol. The highest BCUT2D eigenvalue weighted by Crippen LogP contribution is 2.26. The predicted molar refractivity (Wildman–Crippen MR) is 87.6 cm³/mol. The molecule has 2 aromatic heterocycles. The van der Waals surface area contributed by atoms with Crippen LogP contribution in [0, 0.1) is 0 Å². The third-order valence-electron chi connectivity index (χ3n) is 3.04. The zero-order valence-electron chi connectivity index (χ0n) is 10.6. The molecule has 0 bridgehead atoms. The maximum Gasteiger partial charge on any atom is 0.133 e. The molecule has 20 heavy (non-hydrogen) atoms. The van der Waals surface area contributed by atoms with Crippen molar-refractivity contribution in [2.24, 2.45) is 0 Å². The van der Waals surface area contributed by atoms with Crippen LogP contribution in [0.3, 0.4) is 0 Å². The van der Waals surface area contributed by atoms with Crippen LogP contribution in [0.25, 0.3) is 10.8 Å². The second kappa shape index (κ2) is 5.81. The summed E-state index contributed by atoms with van der Waals surface area (Å²) >= 11 is 5.21. The van der Waals surface area contributed by atoms with Crippen LogP contribution in [0.1, 0.15) is 4.88 Å². The molecular formula is C15H13BrN2OS. The molecule has 3 rings (SSSR count). The number of nitrogens with zero attached hydrogens (tertiary/aromatic N) is 1. The van der Waals surface area contributed by atoms with Crippen LogP contribution in [-0.4, -0.2) is 16.6 Å². The van der Waals surface area contributed by atoms with E-state index in [1.807, 2.05) is 12.1 Å². The highest BCUT2D eigenvalue weighted by Gasteiger charge is 2.04. The van der Waals surface area contributed by atoms with E-state index in [1.165, 1.54) is 4.88 Å². The lowest BCUT2D eigenvalue weighted by molar-refractivity contribution is 0.476. The topological polar surface area (TPSA) is 45.2 Å². The van der Waals surface area contributed by atoms with Gasteiger partial charge < -0.3 is 10.4 Å². The van der Waals surface area contributed by atoms with Gasteiger partial charge in [-0.05, 0) is 58.1 Å². The van der Waals surface area contributed by atoms with Crippen LogP contribution in [-0.2, 0) is 6.42 Å². The Morgan fingerprint density at radius 2 is 2.10 bits per heavy atom. The summed E-state index contributed by atoms with van der Waals surface area (Å²) in [6, 6.07) is 11.5. The van der Waals surface area contributed by atoms with Crippen LogP contribution in [0.2, 0.25) is 0 Å². The Balaban J connectivity index is 1.75. The first-order valence-electron chi connectivity index (χ1n) is 6.28. The molecule has 1 aromatic carbocycles. The van der Waals surface area contributed by atoms with Gasteiger partial charge in [-0.2, -0.15) is 0 Å². The summed E-state index contributed by atoms with van der Waals surface area (Å²) in [6.07, 6.45) is 2.73. The van der Waals surface area contributed by atoms with Gasteiger partial charge in [0.05, 0.1) is 3.79 Å². The zero-order valence-corrected chi connectivity index (χ0v) is 13.0. The number of pyridine rings is 1. The Hall–Kier alpha value is -1.59. The smallest absolute Gasteiger partial charge is 0.133 e. The van der Waals surface area contributed by atoms with E-state index in [9.17, 15) is 5.11 Å². The normalized spacial score (nSPS) is 10.8. The molecule has 0 atom stereocenters. The fourth-order valence-corrected chi connectivity index (χ4v) is 3.57. The summed E-state index contributed by atoms with van der Waals surface area (Å²) in [5, 5.41) is 15.0. The maximum absolute atomic E-state index is 9.60. The number of aromatic nitrogens is 1. The van der Waals surface area contributed by atoms with E-state index in [-0.39, 0.29) is 5.75 Å². The van der Waals surface area contributed by atoms with Crippen LogP contribution >= 0.6 is 27.3 Å². The third kappa shape index (κ3) is 2.94. The summed E-state index contributed by atoms with van der Waals surface area (Å²) < 4.78 is 1.15. The first-order chi connectivity index (χ1) is 9.72. The van der Waals surface area contributed by atoms with Gasteiger partial charge in [-0.3, -0.25) is 0 Å². The average Bonchev–Trinajstić information content (AvgIpc) is 2.85. The Morgan fingerprint density at radius 1 is 1.20 bits per heavy atom. The second-order valence-electron chi connectivity index (χ2n) is 4.45. The number of rotatable bonds is 4. The number of hydrogen-bond acceptors (Lipinski definition) is 4. The molecule has 0 amide bonds. The van der Waals surface area contributed by atoms with Gasteiger partial charge in [0.25, 0.3) is 0 Å². The van der Waals surface area contributed by atoms with E-state index in [1.54, 1.807) is 29.7 Å². The third-order valence-corrected chi connectivity index (χ3v) is 4.73. The van der Waals surface area contributed by atoms with E-state index in [4.69, 9.17) is 0 Å². The highest BCUT2D eigenvalue weighted by atomic mass is 79.9. The summed E-state index contributed by atoms with van der Waals surface area (Å²) in [4.78, 5) is 5.68. The average molecular weight is 349 g/mol. The fraction of sp³-hybridized carbons (Fsp3) is 0.133. The van der Waals surface area contributed by atoms with Crippen molar-refractivity contribution in [2.45, 2.75) is 6.42 Å². The van der Waals surface area contributed by atoms with Crippen LogP contribution < -0.4 is 5.32 Å². The van der Waals surface area contributed by atoms with Crippen molar-refractivity contribution in [1.82, 2.24) is 4.98 Å². The molecule has 5 heteroatoms. The quantitative estimate of drug-likeness (QED) is 0.733. The van der Waals surface area contributed by atoms with Gasteiger partial charge in [0.15, 0.2) is 0 Å². The number of benzene rings is 1. The number of anilines is 1. The van der Waals surface area contributed by atoms with E-state index in [0.717, 1.165) is 33.3 Å². The van der Waals surface area contributed by atoms with Gasteiger partial charge in [0.2, 0.25) is 0 Å². The number of phenols is 1. The molecule has 0 fully saturated rings. The maximum atomic E-state index is 9.60. The minimum Gasteiger partial charge on any atom is -0.508 e. The van der Waals surface area contributed by atoms with E-state index < -0.39 is 0 Å². The lowest BCUT2D eigenvalue weighted by Gasteiger charge is -2.08. The van der Waals surface area contributed by atoms with Crippen molar-refractivity contribution in [3.63, 3.8) is 0 Å². The first-order valence-corrected chi connectivity index (χ1v) is 7.89. The number of aromatic hydroxyl groups is 1. The lowest BCUT2D eigenvalue weighted by atomic mass is 10.1. The van der Waals surface area contributed by atoms with Crippen LogP contribution in [0.5, 0.6) is 5.75 Å². The first kappa shape index (κ1) is 13.4. The molecule has 2 N–H and O–H groups in total. The largest absolute Gasteiger partial charge is 0.508 e.